The Morgan fingerprint density at radius 1 is 1.78 bits per heavy atom. The monoisotopic (exact) mass is 123 g/mol. The van der Waals surface area contributed by atoms with Crippen LogP contribution in [-0.4, -0.2) is 12.7 Å². The molecule has 2 unspecified atom stereocenters. The summed E-state index contributed by atoms with van der Waals surface area (Å²) in [7, 11) is 0. The van der Waals surface area contributed by atoms with E-state index < -0.39 is 0 Å². The Bertz CT molecular complexity index is 147. The molecule has 1 aliphatic heterocycles. The Hall–Kier alpha value is -0.810. The molecular weight excluding hydrogens is 114 g/mol. The van der Waals surface area contributed by atoms with Crippen LogP contribution in [-0.2, 0) is 4.74 Å². The molecule has 1 saturated heterocycles. The molecule has 0 aromatic heterocycles. The van der Waals surface area contributed by atoms with E-state index in [0.29, 0.717) is 6.61 Å². The third-order valence-corrected chi connectivity index (χ3v) is 1.53. The molecule has 1 fully saturated rings. The first-order valence-corrected chi connectivity index (χ1v) is 3.02. The summed E-state index contributed by atoms with van der Waals surface area (Å²) >= 11 is 0. The summed E-state index contributed by atoms with van der Waals surface area (Å²) in [6, 6.07) is 2.17. The SMILES string of the molecule is C=CC1OCCC1C#N. The van der Waals surface area contributed by atoms with Gasteiger partial charge >= 0.3 is 0 Å². The second-order valence-corrected chi connectivity index (χ2v) is 2.10. The molecule has 0 aromatic rings. The number of ether oxygens (including phenoxy) is 1. The molecule has 9 heavy (non-hydrogen) atoms. The van der Waals surface area contributed by atoms with E-state index in [1.807, 2.05) is 0 Å². The largest absolute Gasteiger partial charge is 0.373 e. The lowest BCUT2D eigenvalue weighted by atomic mass is 10.0. The third kappa shape index (κ3) is 1.11. The van der Waals surface area contributed by atoms with Gasteiger partial charge in [-0.05, 0) is 6.42 Å². The van der Waals surface area contributed by atoms with E-state index in [9.17, 15) is 0 Å². The van der Waals surface area contributed by atoms with Gasteiger partial charge in [-0.3, -0.25) is 0 Å². The van der Waals surface area contributed by atoms with Crippen molar-refractivity contribution in [1.29, 1.82) is 5.26 Å². The summed E-state index contributed by atoms with van der Waals surface area (Å²) in [5.74, 6) is 0.0440. The van der Waals surface area contributed by atoms with Gasteiger partial charge in [-0.2, -0.15) is 5.26 Å². The van der Waals surface area contributed by atoms with Crippen molar-refractivity contribution in [3.05, 3.63) is 12.7 Å². The number of hydrogen-bond donors (Lipinski definition) is 0. The normalized spacial score (nSPS) is 33.7. The number of hydrogen-bond acceptors (Lipinski definition) is 2. The molecule has 0 spiro atoms. The summed E-state index contributed by atoms with van der Waals surface area (Å²) in [5.41, 5.74) is 0. The van der Waals surface area contributed by atoms with Crippen LogP contribution in [0.25, 0.3) is 0 Å². The zero-order chi connectivity index (χ0) is 6.69. The van der Waals surface area contributed by atoms with E-state index in [-0.39, 0.29) is 12.0 Å². The van der Waals surface area contributed by atoms with E-state index in [0.717, 1.165) is 6.42 Å². The van der Waals surface area contributed by atoms with E-state index in [1.165, 1.54) is 0 Å². The Morgan fingerprint density at radius 3 is 3.00 bits per heavy atom. The summed E-state index contributed by atoms with van der Waals surface area (Å²) in [5, 5.41) is 8.49. The van der Waals surface area contributed by atoms with Crippen molar-refractivity contribution < 1.29 is 4.74 Å². The molecular formula is C7H9NO. The van der Waals surface area contributed by atoms with Gasteiger partial charge in [0.1, 0.15) is 0 Å². The molecule has 0 aromatic carbocycles. The fourth-order valence-corrected chi connectivity index (χ4v) is 0.982. The van der Waals surface area contributed by atoms with Crippen molar-refractivity contribution in [2.45, 2.75) is 12.5 Å². The number of rotatable bonds is 1. The van der Waals surface area contributed by atoms with E-state index in [1.54, 1.807) is 6.08 Å². The summed E-state index contributed by atoms with van der Waals surface area (Å²) in [6.45, 7) is 4.27. The van der Waals surface area contributed by atoms with Crippen molar-refractivity contribution in [2.24, 2.45) is 5.92 Å². The maximum Gasteiger partial charge on any atom is 0.0912 e. The molecule has 2 nitrogen and oxygen atoms in total. The average Bonchev–Trinajstić information content (AvgIpc) is 2.33. The van der Waals surface area contributed by atoms with Gasteiger partial charge < -0.3 is 4.74 Å². The predicted octanol–water partition coefficient (Wildman–Crippen LogP) is 1.10. The fraction of sp³-hybridized carbons (Fsp3) is 0.571. The number of nitriles is 1. The van der Waals surface area contributed by atoms with Crippen LogP contribution in [0.3, 0.4) is 0 Å². The fourth-order valence-electron chi connectivity index (χ4n) is 0.982. The topological polar surface area (TPSA) is 33.0 Å². The molecule has 1 heterocycles. The lowest BCUT2D eigenvalue weighted by Crippen LogP contribution is -2.09. The van der Waals surface area contributed by atoms with Crippen LogP contribution in [0.5, 0.6) is 0 Å². The minimum atomic E-state index is -0.0185. The second-order valence-electron chi connectivity index (χ2n) is 2.10. The first-order chi connectivity index (χ1) is 4.38. The van der Waals surface area contributed by atoms with Crippen molar-refractivity contribution in [3.8, 4) is 6.07 Å². The van der Waals surface area contributed by atoms with Gasteiger partial charge in [-0.25, -0.2) is 0 Å². The minimum Gasteiger partial charge on any atom is -0.373 e. The molecule has 1 aliphatic rings. The van der Waals surface area contributed by atoms with E-state index in [2.05, 4.69) is 12.6 Å². The highest BCUT2D eigenvalue weighted by Gasteiger charge is 2.24. The van der Waals surface area contributed by atoms with Gasteiger partial charge in [0.05, 0.1) is 18.1 Å². The first kappa shape index (κ1) is 6.31. The minimum absolute atomic E-state index is 0.0185. The van der Waals surface area contributed by atoms with Gasteiger partial charge in [0.2, 0.25) is 0 Å². The lowest BCUT2D eigenvalue weighted by molar-refractivity contribution is 0.137. The molecule has 0 N–H and O–H groups in total. The molecule has 0 saturated carbocycles. The molecule has 0 aliphatic carbocycles. The highest BCUT2D eigenvalue weighted by Crippen LogP contribution is 2.19. The first-order valence-electron chi connectivity index (χ1n) is 3.02. The Morgan fingerprint density at radius 2 is 2.56 bits per heavy atom. The average molecular weight is 123 g/mol. The second kappa shape index (κ2) is 2.65. The van der Waals surface area contributed by atoms with Crippen molar-refractivity contribution >= 4 is 0 Å². The maximum atomic E-state index is 8.49. The highest BCUT2D eigenvalue weighted by atomic mass is 16.5. The quantitative estimate of drug-likeness (QED) is 0.489. The van der Waals surface area contributed by atoms with Crippen LogP contribution in [0.4, 0.5) is 0 Å². The van der Waals surface area contributed by atoms with Crippen molar-refractivity contribution in [3.63, 3.8) is 0 Å². The molecule has 48 valence electrons. The summed E-state index contributed by atoms with van der Waals surface area (Å²) in [4.78, 5) is 0. The third-order valence-electron chi connectivity index (χ3n) is 1.53. The van der Waals surface area contributed by atoms with Gasteiger partial charge in [-0.15, -0.1) is 6.58 Å². The predicted molar refractivity (Wildman–Crippen MR) is 33.7 cm³/mol. The molecule has 1 rings (SSSR count). The molecule has 0 bridgehead atoms. The van der Waals surface area contributed by atoms with Gasteiger partial charge in [-0.1, -0.05) is 6.08 Å². The van der Waals surface area contributed by atoms with Crippen molar-refractivity contribution in [1.82, 2.24) is 0 Å². The van der Waals surface area contributed by atoms with Gasteiger partial charge in [0.15, 0.2) is 0 Å². The summed E-state index contributed by atoms with van der Waals surface area (Å²) in [6.07, 6.45) is 2.53. The van der Waals surface area contributed by atoms with Gasteiger partial charge in [0.25, 0.3) is 0 Å². The molecule has 2 atom stereocenters. The van der Waals surface area contributed by atoms with E-state index >= 15 is 0 Å². The van der Waals surface area contributed by atoms with Gasteiger partial charge in [0, 0.05) is 6.61 Å². The Balaban J connectivity index is 2.53. The molecule has 0 radical (unpaired) electrons. The molecule has 0 amide bonds. The van der Waals surface area contributed by atoms with Crippen LogP contribution in [0.15, 0.2) is 12.7 Å². The Kier molecular flexibility index (Phi) is 1.86. The van der Waals surface area contributed by atoms with Crippen LogP contribution in [0.1, 0.15) is 6.42 Å². The van der Waals surface area contributed by atoms with Crippen LogP contribution < -0.4 is 0 Å². The highest BCUT2D eigenvalue weighted by molar-refractivity contribution is 4.99. The lowest BCUT2D eigenvalue weighted by Gasteiger charge is -2.03. The zero-order valence-electron chi connectivity index (χ0n) is 5.21. The van der Waals surface area contributed by atoms with E-state index in [4.69, 9.17) is 10.00 Å². The Labute approximate surface area is 54.7 Å². The summed E-state index contributed by atoms with van der Waals surface area (Å²) < 4.78 is 5.17. The standard InChI is InChI=1S/C7H9NO/c1-2-7-6(5-8)3-4-9-7/h2,6-7H,1,3-4H2. The molecule has 2 heteroatoms. The number of nitrogens with zero attached hydrogens (tertiary/aromatic N) is 1. The smallest absolute Gasteiger partial charge is 0.0912 e. The maximum absolute atomic E-state index is 8.49. The van der Waals surface area contributed by atoms with Crippen LogP contribution in [0.2, 0.25) is 0 Å². The van der Waals surface area contributed by atoms with Crippen LogP contribution in [0, 0.1) is 17.2 Å². The zero-order valence-corrected chi connectivity index (χ0v) is 5.21. The van der Waals surface area contributed by atoms with Crippen molar-refractivity contribution in [2.75, 3.05) is 6.61 Å². The van der Waals surface area contributed by atoms with Crippen LogP contribution >= 0.6 is 0 Å².